The molecule has 3 heteroatoms. The zero-order valence-corrected chi connectivity index (χ0v) is 7.26. The quantitative estimate of drug-likeness (QED) is 0.618. The monoisotopic (exact) mass is 157 g/mol. The van der Waals surface area contributed by atoms with E-state index in [2.05, 4.69) is 5.32 Å². The largest absolute Gasteiger partial charge is 0.355 e. The van der Waals surface area contributed by atoms with Crippen LogP contribution in [-0.2, 0) is 9.53 Å². The minimum atomic E-state index is -0.0347. The highest BCUT2D eigenvalue weighted by Gasteiger charge is 2.38. The molecule has 0 unspecified atom stereocenters. The van der Waals surface area contributed by atoms with Gasteiger partial charge in [0.15, 0.2) is 0 Å². The Balaban J connectivity index is 2.33. The van der Waals surface area contributed by atoms with E-state index < -0.39 is 0 Å². The lowest BCUT2D eigenvalue weighted by Crippen LogP contribution is -2.59. The molecule has 0 spiro atoms. The van der Waals surface area contributed by atoms with Crippen LogP contribution in [0.3, 0.4) is 0 Å². The van der Waals surface area contributed by atoms with Crippen LogP contribution in [0.2, 0.25) is 0 Å². The average molecular weight is 157 g/mol. The molecule has 11 heavy (non-hydrogen) atoms. The lowest BCUT2D eigenvalue weighted by atomic mass is 9.96. The summed E-state index contributed by atoms with van der Waals surface area (Å²) in [6.45, 7) is 5.94. The molecule has 2 atom stereocenters. The molecule has 1 aliphatic heterocycles. The molecule has 0 aromatic rings. The molecule has 64 valence electrons. The fourth-order valence-corrected chi connectivity index (χ4v) is 1.21. The third-order valence-corrected chi connectivity index (χ3v) is 1.85. The van der Waals surface area contributed by atoms with Gasteiger partial charge in [0.25, 0.3) is 0 Å². The molecule has 0 aromatic carbocycles. The van der Waals surface area contributed by atoms with Gasteiger partial charge in [-0.1, -0.05) is 6.92 Å². The molecule has 0 aliphatic carbocycles. The Labute approximate surface area is 67.1 Å². The standard InChI is InChI=1S/C8H15NO2/c1-4-6-7(10)9-8(6)11-5(2)3/h5-6,8H,4H2,1-3H3,(H,9,10)/t6-,8+/m1/s1. The van der Waals surface area contributed by atoms with Crippen LogP contribution in [0.15, 0.2) is 0 Å². The van der Waals surface area contributed by atoms with Crippen molar-refractivity contribution in [3.63, 3.8) is 0 Å². The average Bonchev–Trinajstić information content (AvgIpc) is 1.86. The van der Waals surface area contributed by atoms with Gasteiger partial charge in [0.05, 0.1) is 12.0 Å². The van der Waals surface area contributed by atoms with E-state index in [4.69, 9.17) is 4.74 Å². The molecule has 1 amide bonds. The van der Waals surface area contributed by atoms with Gasteiger partial charge in [0.2, 0.25) is 5.91 Å². The lowest BCUT2D eigenvalue weighted by Gasteiger charge is -2.36. The Morgan fingerprint density at radius 2 is 2.27 bits per heavy atom. The number of nitrogens with one attached hydrogen (secondary N) is 1. The van der Waals surface area contributed by atoms with Gasteiger partial charge in [-0.05, 0) is 20.3 Å². The Morgan fingerprint density at radius 1 is 1.64 bits per heavy atom. The van der Waals surface area contributed by atoms with Crippen LogP contribution in [0, 0.1) is 5.92 Å². The number of β-lactam (4-membered cyclic amide) rings is 1. The first-order valence-corrected chi connectivity index (χ1v) is 4.11. The van der Waals surface area contributed by atoms with Crippen molar-refractivity contribution in [2.45, 2.75) is 39.5 Å². The number of hydrogen-bond donors (Lipinski definition) is 1. The van der Waals surface area contributed by atoms with Crippen molar-refractivity contribution in [2.75, 3.05) is 0 Å². The number of amides is 1. The van der Waals surface area contributed by atoms with Gasteiger partial charge in [-0.3, -0.25) is 4.79 Å². The smallest absolute Gasteiger partial charge is 0.229 e. The first-order valence-electron chi connectivity index (χ1n) is 4.11. The van der Waals surface area contributed by atoms with Crippen LogP contribution >= 0.6 is 0 Å². The molecule has 1 rings (SSSR count). The second kappa shape index (κ2) is 3.22. The number of hydrogen-bond acceptors (Lipinski definition) is 2. The molecule has 1 saturated heterocycles. The van der Waals surface area contributed by atoms with E-state index in [0.717, 1.165) is 6.42 Å². The molecule has 0 aromatic heterocycles. The van der Waals surface area contributed by atoms with Crippen LogP contribution in [0.5, 0.6) is 0 Å². The Bertz CT molecular complexity index is 156. The Morgan fingerprint density at radius 3 is 2.64 bits per heavy atom. The first kappa shape index (κ1) is 8.53. The maximum atomic E-state index is 10.9. The van der Waals surface area contributed by atoms with E-state index in [0.29, 0.717) is 0 Å². The van der Waals surface area contributed by atoms with E-state index >= 15 is 0 Å². The van der Waals surface area contributed by atoms with Crippen molar-refractivity contribution < 1.29 is 9.53 Å². The summed E-state index contributed by atoms with van der Waals surface area (Å²) in [7, 11) is 0. The Kier molecular flexibility index (Phi) is 2.49. The maximum Gasteiger partial charge on any atom is 0.229 e. The van der Waals surface area contributed by atoms with Gasteiger partial charge >= 0.3 is 0 Å². The van der Waals surface area contributed by atoms with Crippen LogP contribution in [0.4, 0.5) is 0 Å². The van der Waals surface area contributed by atoms with Crippen molar-refractivity contribution in [3.05, 3.63) is 0 Å². The van der Waals surface area contributed by atoms with E-state index in [1.807, 2.05) is 20.8 Å². The van der Waals surface area contributed by atoms with Crippen molar-refractivity contribution >= 4 is 5.91 Å². The Hall–Kier alpha value is -0.570. The third-order valence-electron chi connectivity index (χ3n) is 1.85. The van der Waals surface area contributed by atoms with Crippen molar-refractivity contribution in [1.82, 2.24) is 5.32 Å². The summed E-state index contributed by atoms with van der Waals surface area (Å²) in [4.78, 5) is 10.9. The number of ether oxygens (including phenoxy) is 1. The van der Waals surface area contributed by atoms with Crippen molar-refractivity contribution in [2.24, 2.45) is 5.92 Å². The zero-order valence-electron chi connectivity index (χ0n) is 7.26. The molecular formula is C8H15NO2. The summed E-state index contributed by atoms with van der Waals surface area (Å²) in [5.74, 6) is 0.204. The number of carbonyl (C=O) groups is 1. The van der Waals surface area contributed by atoms with Crippen molar-refractivity contribution in [1.29, 1.82) is 0 Å². The summed E-state index contributed by atoms with van der Waals surface area (Å²) < 4.78 is 5.43. The van der Waals surface area contributed by atoms with E-state index in [1.54, 1.807) is 0 Å². The molecule has 1 fully saturated rings. The van der Waals surface area contributed by atoms with E-state index in [1.165, 1.54) is 0 Å². The molecule has 1 N–H and O–H groups in total. The highest BCUT2D eigenvalue weighted by molar-refractivity contribution is 5.85. The SMILES string of the molecule is CC[C@@H]1C(=O)N[C@H]1OC(C)C. The highest BCUT2D eigenvalue weighted by atomic mass is 16.5. The van der Waals surface area contributed by atoms with Crippen LogP contribution < -0.4 is 5.32 Å². The normalized spacial score (nSPS) is 30.0. The second-order valence-corrected chi connectivity index (χ2v) is 3.13. The molecular weight excluding hydrogens is 142 g/mol. The fraction of sp³-hybridized carbons (Fsp3) is 0.875. The summed E-state index contributed by atoms with van der Waals surface area (Å²) in [5, 5.41) is 2.71. The van der Waals surface area contributed by atoms with E-state index in [9.17, 15) is 4.79 Å². The third kappa shape index (κ3) is 1.71. The summed E-state index contributed by atoms with van der Waals surface area (Å²) in [6.07, 6.45) is 1.02. The maximum absolute atomic E-state index is 10.9. The molecule has 0 saturated carbocycles. The van der Waals surface area contributed by atoms with Gasteiger partial charge in [-0.2, -0.15) is 0 Å². The van der Waals surface area contributed by atoms with Crippen LogP contribution in [0.25, 0.3) is 0 Å². The second-order valence-electron chi connectivity index (χ2n) is 3.13. The minimum absolute atomic E-state index is 0.0347. The van der Waals surface area contributed by atoms with Crippen molar-refractivity contribution in [3.8, 4) is 0 Å². The number of rotatable bonds is 3. The molecule has 1 heterocycles. The summed E-state index contributed by atoms with van der Waals surface area (Å²) in [6, 6.07) is 0. The topological polar surface area (TPSA) is 38.3 Å². The summed E-state index contributed by atoms with van der Waals surface area (Å²) in [5.41, 5.74) is 0. The zero-order chi connectivity index (χ0) is 8.43. The predicted octanol–water partition coefficient (Wildman–Crippen LogP) is 0.893. The van der Waals surface area contributed by atoms with Gasteiger partial charge in [-0.15, -0.1) is 0 Å². The fourth-order valence-electron chi connectivity index (χ4n) is 1.21. The minimum Gasteiger partial charge on any atom is -0.355 e. The lowest BCUT2D eigenvalue weighted by molar-refractivity contribution is -0.158. The molecule has 0 radical (unpaired) electrons. The van der Waals surface area contributed by atoms with Gasteiger partial charge in [-0.25, -0.2) is 0 Å². The highest BCUT2D eigenvalue weighted by Crippen LogP contribution is 2.20. The van der Waals surface area contributed by atoms with Crippen LogP contribution in [0.1, 0.15) is 27.2 Å². The van der Waals surface area contributed by atoms with Gasteiger partial charge in [0.1, 0.15) is 6.23 Å². The van der Waals surface area contributed by atoms with Crippen LogP contribution in [-0.4, -0.2) is 18.2 Å². The van der Waals surface area contributed by atoms with Gasteiger partial charge in [0, 0.05) is 0 Å². The predicted molar refractivity (Wildman–Crippen MR) is 41.9 cm³/mol. The molecule has 1 aliphatic rings. The summed E-state index contributed by atoms with van der Waals surface area (Å²) >= 11 is 0. The molecule has 3 nitrogen and oxygen atoms in total. The number of carbonyl (C=O) groups excluding carboxylic acids is 1. The van der Waals surface area contributed by atoms with E-state index in [-0.39, 0.29) is 24.2 Å². The first-order chi connectivity index (χ1) is 5.15. The van der Waals surface area contributed by atoms with Gasteiger partial charge < -0.3 is 10.1 Å². The molecule has 0 bridgehead atoms.